The molecule has 0 atom stereocenters. The van der Waals surface area contributed by atoms with Gasteiger partial charge in [-0.2, -0.15) is 0 Å². The molecule has 2 aromatic rings. The normalized spacial score (nSPS) is 15.2. The number of rotatable bonds is 2. The summed E-state index contributed by atoms with van der Waals surface area (Å²) in [6, 6.07) is 10.3. The number of nitrogens with zero attached hydrogens (tertiary/aromatic N) is 2. The number of likely N-dealkylation sites (tertiary alicyclic amines) is 1. The Balaban J connectivity index is 1.63. The summed E-state index contributed by atoms with van der Waals surface area (Å²) in [4.78, 5) is 18.2. The van der Waals surface area contributed by atoms with Gasteiger partial charge in [0.1, 0.15) is 5.69 Å². The third kappa shape index (κ3) is 2.96. The number of hydrogen-bond acceptors (Lipinski definition) is 3. The van der Waals surface area contributed by atoms with Crippen LogP contribution in [0.4, 0.5) is 0 Å². The van der Waals surface area contributed by atoms with E-state index in [4.69, 9.17) is 0 Å². The number of thiazole rings is 1. The first-order valence-electron chi connectivity index (χ1n) is 6.75. The summed E-state index contributed by atoms with van der Waals surface area (Å²) >= 11 is 1.46. The lowest BCUT2D eigenvalue weighted by atomic mass is 10.0. The molecule has 0 N–H and O–H groups in total. The first-order valence-corrected chi connectivity index (χ1v) is 7.69. The van der Waals surface area contributed by atoms with Crippen LogP contribution in [0.5, 0.6) is 0 Å². The number of piperidine rings is 1. The molecule has 0 unspecified atom stereocenters. The van der Waals surface area contributed by atoms with Crippen molar-refractivity contribution in [2.45, 2.75) is 12.8 Å². The zero-order valence-corrected chi connectivity index (χ0v) is 12.0. The van der Waals surface area contributed by atoms with Crippen LogP contribution in [0.3, 0.4) is 0 Å². The second-order valence-corrected chi connectivity index (χ2v) is 5.60. The van der Waals surface area contributed by atoms with Crippen LogP contribution in [-0.2, 0) is 0 Å². The molecule has 0 spiro atoms. The zero-order chi connectivity index (χ0) is 13.8. The molecule has 3 rings (SSSR count). The predicted molar refractivity (Wildman–Crippen MR) is 81.7 cm³/mol. The molecule has 1 aromatic heterocycles. The summed E-state index contributed by atoms with van der Waals surface area (Å²) in [6.45, 7) is 1.57. The molecule has 0 aliphatic carbocycles. The lowest BCUT2D eigenvalue weighted by Gasteiger charge is -2.28. The maximum Gasteiger partial charge on any atom is 0.273 e. The van der Waals surface area contributed by atoms with Gasteiger partial charge in [0.25, 0.3) is 5.91 Å². The Hall–Kier alpha value is -1.94. The molecule has 1 saturated heterocycles. The number of carbonyl (C=O) groups is 1. The standard InChI is InChI=1S/C16H16N2OS/c19-16(15-11-20-12-17-15)18-8-6-14(7-9-18)10-13-4-2-1-3-5-13/h1-5,10-12H,6-9H2. The number of aromatic nitrogens is 1. The minimum Gasteiger partial charge on any atom is -0.337 e. The summed E-state index contributed by atoms with van der Waals surface area (Å²) in [7, 11) is 0. The summed E-state index contributed by atoms with van der Waals surface area (Å²) in [5.74, 6) is 0.0602. The summed E-state index contributed by atoms with van der Waals surface area (Å²) in [5.41, 5.74) is 4.93. The molecule has 1 aromatic carbocycles. The Morgan fingerprint density at radius 1 is 1.20 bits per heavy atom. The second-order valence-electron chi connectivity index (χ2n) is 4.88. The van der Waals surface area contributed by atoms with Crippen molar-refractivity contribution in [2.24, 2.45) is 0 Å². The second kappa shape index (κ2) is 6.01. The van der Waals surface area contributed by atoms with Crippen molar-refractivity contribution >= 4 is 23.3 Å². The van der Waals surface area contributed by atoms with Crippen LogP contribution < -0.4 is 0 Å². The molecule has 2 heterocycles. The minimum absolute atomic E-state index is 0.0602. The van der Waals surface area contributed by atoms with E-state index >= 15 is 0 Å². The fraction of sp³-hybridized carbons (Fsp3) is 0.250. The Morgan fingerprint density at radius 3 is 2.60 bits per heavy atom. The van der Waals surface area contributed by atoms with E-state index in [1.54, 1.807) is 5.51 Å². The van der Waals surface area contributed by atoms with Gasteiger partial charge in [0.2, 0.25) is 0 Å². The largest absolute Gasteiger partial charge is 0.337 e. The average Bonchev–Trinajstić information content (AvgIpc) is 3.03. The molecule has 0 radical (unpaired) electrons. The van der Waals surface area contributed by atoms with Crippen LogP contribution in [-0.4, -0.2) is 28.9 Å². The van der Waals surface area contributed by atoms with Gasteiger partial charge in [-0.15, -0.1) is 11.3 Å². The highest BCUT2D eigenvalue weighted by Gasteiger charge is 2.21. The molecule has 1 fully saturated rings. The topological polar surface area (TPSA) is 33.2 Å². The maximum atomic E-state index is 12.2. The molecule has 1 amide bonds. The Morgan fingerprint density at radius 2 is 1.95 bits per heavy atom. The third-order valence-electron chi connectivity index (χ3n) is 3.51. The van der Waals surface area contributed by atoms with Gasteiger partial charge >= 0.3 is 0 Å². The fourth-order valence-corrected chi connectivity index (χ4v) is 2.93. The Labute approximate surface area is 122 Å². The molecule has 3 nitrogen and oxygen atoms in total. The number of amides is 1. The molecule has 1 aliphatic rings. The Bertz CT molecular complexity index is 595. The van der Waals surface area contributed by atoms with Gasteiger partial charge < -0.3 is 4.90 Å². The molecular formula is C16H16N2OS. The zero-order valence-electron chi connectivity index (χ0n) is 11.2. The van der Waals surface area contributed by atoms with E-state index in [0.29, 0.717) is 5.69 Å². The molecule has 0 bridgehead atoms. The van der Waals surface area contributed by atoms with Crippen LogP contribution in [0, 0.1) is 0 Å². The van der Waals surface area contributed by atoms with Crippen LogP contribution >= 0.6 is 11.3 Å². The lowest BCUT2D eigenvalue weighted by molar-refractivity contribution is 0.0739. The van der Waals surface area contributed by atoms with Crippen molar-refractivity contribution in [1.29, 1.82) is 0 Å². The molecule has 102 valence electrons. The van der Waals surface area contributed by atoms with Crippen LogP contribution in [0.2, 0.25) is 0 Å². The highest BCUT2D eigenvalue weighted by Crippen LogP contribution is 2.20. The van der Waals surface area contributed by atoms with Gasteiger partial charge in [0, 0.05) is 18.5 Å². The molecule has 20 heavy (non-hydrogen) atoms. The van der Waals surface area contributed by atoms with E-state index in [1.165, 1.54) is 22.5 Å². The Kier molecular flexibility index (Phi) is 3.92. The molecule has 1 aliphatic heterocycles. The highest BCUT2D eigenvalue weighted by atomic mass is 32.1. The van der Waals surface area contributed by atoms with Gasteiger partial charge in [-0.05, 0) is 18.4 Å². The quantitative estimate of drug-likeness (QED) is 0.846. The van der Waals surface area contributed by atoms with Crippen molar-refractivity contribution < 1.29 is 4.79 Å². The first kappa shape index (κ1) is 13.1. The van der Waals surface area contributed by atoms with Crippen LogP contribution in [0.15, 0.2) is 46.8 Å². The first-order chi connectivity index (χ1) is 9.83. The van der Waals surface area contributed by atoms with Crippen molar-refractivity contribution in [3.8, 4) is 0 Å². The molecule has 4 heteroatoms. The van der Waals surface area contributed by atoms with E-state index in [1.807, 2.05) is 28.5 Å². The van der Waals surface area contributed by atoms with Gasteiger partial charge in [0.15, 0.2) is 0 Å². The molecule has 0 saturated carbocycles. The monoisotopic (exact) mass is 284 g/mol. The van der Waals surface area contributed by atoms with Crippen molar-refractivity contribution in [2.75, 3.05) is 13.1 Å². The van der Waals surface area contributed by atoms with Gasteiger partial charge in [0.05, 0.1) is 5.51 Å². The lowest BCUT2D eigenvalue weighted by Crippen LogP contribution is -2.36. The smallest absolute Gasteiger partial charge is 0.273 e. The highest BCUT2D eigenvalue weighted by molar-refractivity contribution is 7.07. The van der Waals surface area contributed by atoms with Gasteiger partial charge in [-0.1, -0.05) is 42.0 Å². The van der Waals surface area contributed by atoms with Gasteiger partial charge in [-0.25, -0.2) is 4.98 Å². The number of benzene rings is 1. The van der Waals surface area contributed by atoms with E-state index < -0.39 is 0 Å². The van der Waals surface area contributed by atoms with Crippen LogP contribution in [0.25, 0.3) is 6.08 Å². The van der Waals surface area contributed by atoms with E-state index in [-0.39, 0.29) is 5.91 Å². The molecular weight excluding hydrogens is 268 g/mol. The van der Waals surface area contributed by atoms with Crippen molar-refractivity contribution in [1.82, 2.24) is 9.88 Å². The summed E-state index contributed by atoms with van der Waals surface area (Å²) in [5, 5.41) is 1.82. The minimum atomic E-state index is 0.0602. The summed E-state index contributed by atoms with van der Waals surface area (Å²) < 4.78 is 0. The number of hydrogen-bond donors (Lipinski definition) is 0. The third-order valence-corrected chi connectivity index (χ3v) is 4.10. The van der Waals surface area contributed by atoms with E-state index in [0.717, 1.165) is 25.9 Å². The maximum absolute atomic E-state index is 12.2. The average molecular weight is 284 g/mol. The van der Waals surface area contributed by atoms with Crippen LogP contribution in [0.1, 0.15) is 28.9 Å². The SMILES string of the molecule is O=C(c1cscn1)N1CCC(=Cc2ccccc2)CC1. The summed E-state index contributed by atoms with van der Waals surface area (Å²) in [6.07, 6.45) is 4.14. The number of carbonyl (C=O) groups excluding carboxylic acids is 1. The van der Waals surface area contributed by atoms with E-state index in [2.05, 4.69) is 23.2 Å². The van der Waals surface area contributed by atoms with Crippen molar-refractivity contribution in [3.63, 3.8) is 0 Å². The van der Waals surface area contributed by atoms with Crippen molar-refractivity contribution in [3.05, 3.63) is 58.1 Å². The predicted octanol–water partition coefficient (Wildman–Crippen LogP) is 3.46. The fourth-order valence-electron chi connectivity index (χ4n) is 2.41. The van der Waals surface area contributed by atoms with Gasteiger partial charge in [-0.3, -0.25) is 4.79 Å². The van der Waals surface area contributed by atoms with E-state index in [9.17, 15) is 4.79 Å².